The average Bonchev–Trinajstić information content (AvgIpc) is 2.39. The second kappa shape index (κ2) is 6.65. The lowest BCUT2D eigenvalue weighted by atomic mass is 10.1. The topological polar surface area (TPSA) is 63.5 Å². The van der Waals surface area contributed by atoms with Gasteiger partial charge >= 0.3 is 0 Å². The van der Waals surface area contributed by atoms with Crippen molar-refractivity contribution in [2.24, 2.45) is 0 Å². The summed E-state index contributed by atoms with van der Waals surface area (Å²) in [6.07, 6.45) is 1.86. The number of benzene rings is 1. The molecule has 1 rings (SSSR count). The van der Waals surface area contributed by atoms with E-state index in [2.05, 4.69) is 0 Å². The van der Waals surface area contributed by atoms with Gasteiger partial charge in [0.2, 0.25) is 0 Å². The Balaban J connectivity index is 3.21. The number of hydrogen-bond donors (Lipinski definition) is 0. The quantitative estimate of drug-likeness (QED) is 0.620. The van der Waals surface area contributed by atoms with Crippen molar-refractivity contribution in [2.75, 3.05) is 19.1 Å². The third-order valence-corrected chi connectivity index (χ3v) is 3.67. The minimum atomic E-state index is -1.35. The lowest BCUT2D eigenvalue weighted by Gasteiger charge is -2.24. The molecular formula is C12H14F2N2O3S. The van der Waals surface area contributed by atoms with Crippen molar-refractivity contribution in [2.45, 2.75) is 13.0 Å². The van der Waals surface area contributed by atoms with Crippen LogP contribution in [0.5, 0.6) is 0 Å². The average molecular weight is 304 g/mol. The molecule has 5 nitrogen and oxygen atoms in total. The van der Waals surface area contributed by atoms with Crippen molar-refractivity contribution in [1.29, 1.82) is 0 Å². The molecule has 8 heteroatoms. The van der Waals surface area contributed by atoms with E-state index in [1.54, 1.807) is 6.92 Å². The van der Waals surface area contributed by atoms with E-state index in [9.17, 15) is 23.7 Å². The standard InChI is InChI=1S/C12H14F2N2O3S/c1-7(6-20-3)15(2)12(17)8-4-9(13)10(14)5-11(8)16(18)19/h4-5,7H,6H2,1-3H3. The number of nitrogens with zero attached hydrogens (tertiary/aromatic N) is 2. The van der Waals surface area contributed by atoms with Crippen LogP contribution in [0.2, 0.25) is 0 Å². The lowest BCUT2D eigenvalue weighted by Crippen LogP contribution is -2.37. The predicted molar refractivity (Wildman–Crippen MR) is 72.9 cm³/mol. The zero-order valence-electron chi connectivity index (χ0n) is 11.2. The van der Waals surface area contributed by atoms with E-state index < -0.39 is 33.7 Å². The fourth-order valence-corrected chi connectivity index (χ4v) is 2.31. The molecule has 1 atom stereocenters. The van der Waals surface area contributed by atoms with Crippen molar-refractivity contribution in [1.82, 2.24) is 4.90 Å². The molecule has 0 saturated carbocycles. The van der Waals surface area contributed by atoms with Crippen LogP contribution in [0.25, 0.3) is 0 Å². The van der Waals surface area contributed by atoms with E-state index in [0.717, 1.165) is 0 Å². The van der Waals surface area contributed by atoms with Gasteiger partial charge in [-0.05, 0) is 19.2 Å². The van der Waals surface area contributed by atoms with E-state index in [-0.39, 0.29) is 6.04 Å². The zero-order chi connectivity index (χ0) is 15.4. The molecule has 0 N–H and O–H groups in total. The fourth-order valence-electron chi connectivity index (χ4n) is 1.60. The highest BCUT2D eigenvalue weighted by atomic mass is 32.2. The van der Waals surface area contributed by atoms with Crippen LogP contribution in [-0.2, 0) is 0 Å². The smallest absolute Gasteiger partial charge is 0.285 e. The van der Waals surface area contributed by atoms with Crippen molar-refractivity contribution in [3.63, 3.8) is 0 Å². The van der Waals surface area contributed by atoms with Gasteiger partial charge in [0.1, 0.15) is 5.56 Å². The van der Waals surface area contributed by atoms with E-state index >= 15 is 0 Å². The normalized spacial score (nSPS) is 12.1. The number of nitro benzene ring substituents is 1. The van der Waals surface area contributed by atoms with E-state index in [1.165, 1.54) is 23.7 Å². The molecular weight excluding hydrogens is 290 g/mol. The first-order valence-electron chi connectivity index (χ1n) is 5.69. The molecule has 0 aliphatic heterocycles. The van der Waals surface area contributed by atoms with Crippen molar-refractivity contribution < 1.29 is 18.5 Å². The number of thioether (sulfide) groups is 1. The number of rotatable bonds is 5. The van der Waals surface area contributed by atoms with Gasteiger partial charge < -0.3 is 4.90 Å². The minimum Gasteiger partial charge on any atom is -0.338 e. The molecule has 0 aromatic heterocycles. The molecule has 110 valence electrons. The van der Waals surface area contributed by atoms with Crippen LogP contribution < -0.4 is 0 Å². The third-order valence-electron chi connectivity index (χ3n) is 2.86. The maximum absolute atomic E-state index is 13.2. The minimum absolute atomic E-state index is 0.190. The van der Waals surface area contributed by atoms with E-state index in [0.29, 0.717) is 17.9 Å². The second-order valence-electron chi connectivity index (χ2n) is 4.26. The number of halogens is 2. The maximum atomic E-state index is 13.2. The van der Waals surface area contributed by atoms with Crippen LogP contribution in [0.3, 0.4) is 0 Å². The highest BCUT2D eigenvalue weighted by Gasteiger charge is 2.27. The Hall–Kier alpha value is -1.70. The van der Waals surface area contributed by atoms with Crippen LogP contribution in [0.4, 0.5) is 14.5 Å². The molecule has 0 aliphatic carbocycles. The van der Waals surface area contributed by atoms with Crippen LogP contribution in [0, 0.1) is 21.7 Å². The number of amides is 1. The molecule has 0 saturated heterocycles. The highest BCUT2D eigenvalue weighted by molar-refractivity contribution is 7.98. The van der Waals surface area contributed by atoms with Crippen LogP contribution in [-0.4, -0.2) is 40.8 Å². The van der Waals surface area contributed by atoms with Gasteiger partial charge in [0, 0.05) is 18.8 Å². The molecule has 0 bridgehead atoms. The lowest BCUT2D eigenvalue weighted by molar-refractivity contribution is -0.385. The van der Waals surface area contributed by atoms with E-state index in [1.807, 2.05) is 6.26 Å². The fraction of sp³-hybridized carbons (Fsp3) is 0.417. The number of nitro groups is 1. The summed E-state index contributed by atoms with van der Waals surface area (Å²) in [6, 6.07) is 0.804. The first kappa shape index (κ1) is 16.4. The number of hydrogen-bond acceptors (Lipinski definition) is 4. The monoisotopic (exact) mass is 304 g/mol. The van der Waals surface area contributed by atoms with Gasteiger partial charge in [-0.3, -0.25) is 14.9 Å². The Kier molecular flexibility index (Phi) is 5.43. The molecule has 0 fully saturated rings. The first-order chi connectivity index (χ1) is 9.29. The molecule has 1 unspecified atom stereocenters. The van der Waals surface area contributed by atoms with Gasteiger partial charge in [0.15, 0.2) is 11.6 Å². The number of carbonyl (C=O) groups is 1. The van der Waals surface area contributed by atoms with Gasteiger partial charge in [0.25, 0.3) is 11.6 Å². The van der Waals surface area contributed by atoms with Gasteiger partial charge in [-0.1, -0.05) is 0 Å². The summed E-state index contributed by atoms with van der Waals surface area (Å²) in [5.41, 5.74) is -1.19. The zero-order valence-corrected chi connectivity index (χ0v) is 12.0. The summed E-state index contributed by atoms with van der Waals surface area (Å²) in [6.45, 7) is 1.76. The predicted octanol–water partition coefficient (Wildman–Crippen LogP) is 2.70. The summed E-state index contributed by atoms with van der Waals surface area (Å²) in [5.74, 6) is -2.73. The number of carbonyl (C=O) groups excluding carboxylic acids is 1. The van der Waals surface area contributed by atoms with Gasteiger partial charge in [-0.25, -0.2) is 8.78 Å². The maximum Gasteiger partial charge on any atom is 0.285 e. The molecule has 1 aromatic carbocycles. The molecule has 0 radical (unpaired) electrons. The first-order valence-corrected chi connectivity index (χ1v) is 7.08. The Morgan fingerprint density at radius 3 is 2.50 bits per heavy atom. The van der Waals surface area contributed by atoms with Crippen molar-refractivity contribution >= 4 is 23.4 Å². The van der Waals surface area contributed by atoms with Crippen molar-refractivity contribution in [3.8, 4) is 0 Å². The van der Waals surface area contributed by atoms with Gasteiger partial charge in [-0.15, -0.1) is 0 Å². The summed E-state index contributed by atoms with van der Waals surface area (Å²) in [4.78, 5) is 23.4. The van der Waals surface area contributed by atoms with Crippen LogP contribution in [0.15, 0.2) is 12.1 Å². The summed E-state index contributed by atoms with van der Waals surface area (Å²) in [7, 11) is 1.47. The summed E-state index contributed by atoms with van der Waals surface area (Å²) in [5, 5.41) is 10.8. The molecule has 1 amide bonds. The third kappa shape index (κ3) is 3.44. The van der Waals surface area contributed by atoms with Crippen molar-refractivity contribution in [3.05, 3.63) is 39.4 Å². The van der Waals surface area contributed by atoms with E-state index in [4.69, 9.17) is 0 Å². The second-order valence-corrected chi connectivity index (χ2v) is 5.17. The Morgan fingerprint density at radius 2 is 2.00 bits per heavy atom. The largest absolute Gasteiger partial charge is 0.338 e. The molecule has 0 aliphatic rings. The Labute approximate surface area is 119 Å². The summed E-state index contributed by atoms with van der Waals surface area (Å²) >= 11 is 1.50. The molecule has 1 aromatic rings. The van der Waals surface area contributed by atoms with Crippen LogP contribution in [0.1, 0.15) is 17.3 Å². The Bertz CT molecular complexity index is 540. The molecule has 0 spiro atoms. The van der Waals surface area contributed by atoms with Gasteiger partial charge in [0.05, 0.1) is 11.0 Å². The Morgan fingerprint density at radius 1 is 1.45 bits per heavy atom. The molecule has 20 heavy (non-hydrogen) atoms. The van der Waals surface area contributed by atoms with Crippen LogP contribution >= 0.6 is 11.8 Å². The molecule has 0 heterocycles. The highest BCUT2D eigenvalue weighted by Crippen LogP contribution is 2.24. The SMILES string of the molecule is CSCC(C)N(C)C(=O)c1cc(F)c(F)cc1[N+](=O)[O-]. The van der Waals surface area contributed by atoms with Gasteiger partial charge in [-0.2, -0.15) is 11.8 Å². The summed E-state index contributed by atoms with van der Waals surface area (Å²) < 4.78 is 26.3.